The standard InChI is InChI=1S/C13H7F4N3/c14-10-4-11(6-18-5-10)20-7-8-3-9(13(15,16)17)1-2-12(8)19-20/h1-7H. The minimum Gasteiger partial charge on any atom is -0.259 e. The molecule has 0 spiro atoms. The van der Waals surface area contributed by atoms with Crippen LogP contribution in [0.3, 0.4) is 0 Å². The largest absolute Gasteiger partial charge is 0.416 e. The quantitative estimate of drug-likeness (QED) is 0.638. The molecule has 0 atom stereocenters. The first-order chi connectivity index (χ1) is 9.43. The van der Waals surface area contributed by atoms with E-state index < -0.39 is 17.6 Å². The van der Waals surface area contributed by atoms with E-state index in [1.165, 1.54) is 29.2 Å². The third-order valence-electron chi connectivity index (χ3n) is 2.79. The van der Waals surface area contributed by atoms with Crippen LogP contribution in [0.4, 0.5) is 17.6 Å². The summed E-state index contributed by atoms with van der Waals surface area (Å²) in [5.41, 5.74) is -0.0149. The number of fused-ring (bicyclic) bond motifs is 1. The highest BCUT2D eigenvalue weighted by Gasteiger charge is 2.30. The van der Waals surface area contributed by atoms with E-state index in [1.54, 1.807) is 0 Å². The first kappa shape index (κ1) is 12.6. The molecule has 0 radical (unpaired) electrons. The highest BCUT2D eigenvalue weighted by Crippen LogP contribution is 2.31. The molecule has 0 bridgehead atoms. The van der Waals surface area contributed by atoms with Crippen molar-refractivity contribution in [3.8, 4) is 5.69 Å². The average molecular weight is 281 g/mol. The molecule has 7 heteroatoms. The predicted octanol–water partition coefficient (Wildman–Crippen LogP) is 3.58. The molecule has 0 unspecified atom stereocenters. The summed E-state index contributed by atoms with van der Waals surface area (Å²) in [4.78, 5) is 3.67. The van der Waals surface area contributed by atoms with Gasteiger partial charge in [-0.2, -0.15) is 18.3 Å². The molecule has 102 valence electrons. The van der Waals surface area contributed by atoms with Crippen molar-refractivity contribution in [2.45, 2.75) is 6.18 Å². The van der Waals surface area contributed by atoms with Gasteiger partial charge in [-0.1, -0.05) is 0 Å². The Kier molecular flexibility index (Phi) is 2.70. The molecule has 2 aromatic heterocycles. The molecule has 0 N–H and O–H groups in total. The van der Waals surface area contributed by atoms with E-state index in [4.69, 9.17) is 0 Å². The number of benzene rings is 1. The van der Waals surface area contributed by atoms with Crippen molar-refractivity contribution in [1.82, 2.24) is 14.8 Å². The topological polar surface area (TPSA) is 30.7 Å². The minimum atomic E-state index is -4.41. The summed E-state index contributed by atoms with van der Waals surface area (Å²) < 4.78 is 52.2. The zero-order valence-electron chi connectivity index (χ0n) is 9.89. The Morgan fingerprint density at radius 3 is 2.55 bits per heavy atom. The fraction of sp³-hybridized carbons (Fsp3) is 0.0769. The van der Waals surface area contributed by atoms with Crippen LogP contribution in [-0.2, 0) is 6.18 Å². The molecule has 2 heterocycles. The van der Waals surface area contributed by atoms with Crippen LogP contribution in [0.5, 0.6) is 0 Å². The number of aromatic nitrogens is 3. The van der Waals surface area contributed by atoms with Gasteiger partial charge in [0.15, 0.2) is 0 Å². The van der Waals surface area contributed by atoms with E-state index in [2.05, 4.69) is 10.1 Å². The Morgan fingerprint density at radius 1 is 1.05 bits per heavy atom. The maximum Gasteiger partial charge on any atom is 0.416 e. The average Bonchev–Trinajstić information content (AvgIpc) is 2.80. The SMILES string of the molecule is Fc1cncc(-n2cc3cc(C(F)(F)F)ccc3n2)c1. The monoisotopic (exact) mass is 281 g/mol. The van der Waals surface area contributed by atoms with Crippen molar-refractivity contribution in [3.63, 3.8) is 0 Å². The number of hydrogen-bond donors (Lipinski definition) is 0. The van der Waals surface area contributed by atoms with Gasteiger partial charge in [-0.25, -0.2) is 9.07 Å². The fourth-order valence-corrected chi connectivity index (χ4v) is 1.86. The Hall–Kier alpha value is -2.44. The molecule has 0 aliphatic heterocycles. The van der Waals surface area contributed by atoms with Gasteiger partial charge in [-0.15, -0.1) is 0 Å². The van der Waals surface area contributed by atoms with Crippen molar-refractivity contribution in [3.05, 3.63) is 54.2 Å². The van der Waals surface area contributed by atoms with Crippen LogP contribution in [0.2, 0.25) is 0 Å². The van der Waals surface area contributed by atoms with Gasteiger partial charge in [0.05, 0.1) is 29.2 Å². The fourth-order valence-electron chi connectivity index (χ4n) is 1.86. The normalized spacial score (nSPS) is 12.0. The number of rotatable bonds is 1. The number of hydrogen-bond acceptors (Lipinski definition) is 2. The first-order valence-electron chi connectivity index (χ1n) is 5.61. The Morgan fingerprint density at radius 2 is 1.85 bits per heavy atom. The van der Waals surface area contributed by atoms with Gasteiger partial charge in [0.1, 0.15) is 5.82 Å². The lowest BCUT2D eigenvalue weighted by Crippen LogP contribution is -2.03. The number of pyridine rings is 1. The number of alkyl halides is 3. The second-order valence-electron chi connectivity index (χ2n) is 4.21. The van der Waals surface area contributed by atoms with Gasteiger partial charge in [0.2, 0.25) is 0 Å². The van der Waals surface area contributed by atoms with E-state index in [0.717, 1.165) is 18.3 Å². The third-order valence-corrected chi connectivity index (χ3v) is 2.79. The first-order valence-corrected chi connectivity index (χ1v) is 5.61. The van der Waals surface area contributed by atoms with Crippen LogP contribution in [0, 0.1) is 5.82 Å². The highest BCUT2D eigenvalue weighted by atomic mass is 19.4. The van der Waals surface area contributed by atoms with Gasteiger partial charge in [-0.3, -0.25) is 4.98 Å². The Bertz CT molecular complexity index is 777. The molecule has 20 heavy (non-hydrogen) atoms. The molecular weight excluding hydrogens is 274 g/mol. The van der Waals surface area contributed by atoms with Gasteiger partial charge < -0.3 is 0 Å². The Labute approximate surface area is 110 Å². The zero-order chi connectivity index (χ0) is 14.3. The summed E-state index contributed by atoms with van der Waals surface area (Å²) in [7, 11) is 0. The maximum atomic E-state index is 13.1. The molecular formula is C13H7F4N3. The van der Waals surface area contributed by atoms with Crippen molar-refractivity contribution in [2.75, 3.05) is 0 Å². The lowest BCUT2D eigenvalue weighted by molar-refractivity contribution is -0.137. The van der Waals surface area contributed by atoms with Gasteiger partial charge in [-0.05, 0) is 18.2 Å². The summed E-state index contributed by atoms with van der Waals surface area (Å²) in [6, 6.07) is 4.44. The van der Waals surface area contributed by atoms with Crippen LogP contribution >= 0.6 is 0 Å². The number of nitrogens with zero attached hydrogens (tertiary/aromatic N) is 3. The molecule has 0 aliphatic carbocycles. The lowest BCUT2D eigenvalue weighted by atomic mass is 10.1. The molecule has 0 fully saturated rings. The van der Waals surface area contributed by atoms with Gasteiger partial charge >= 0.3 is 6.18 Å². The van der Waals surface area contributed by atoms with E-state index in [-0.39, 0.29) is 0 Å². The van der Waals surface area contributed by atoms with E-state index in [1.807, 2.05) is 0 Å². The smallest absolute Gasteiger partial charge is 0.259 e. The molecule has 3 aromatic rings. The molecule has 0 saturated carbocycles. The molecule has 0 amide bonds. The van der Waals surface area contributed by atoms with Crippen LogP contribution in [-0.4, -0.2) is 14.8 Å². The predicted molar refractivity (Wildman–Crippen MR) is 63.8 cm³/mol. The maximum absolute atomic E-state index is 13.1. The zero-order valence-corrected chi connectivity index (χ0v) is 9.89. The second-order valence-corrected chi connectivity index (χ2v) is 4.21. The molecule has 3 rings (SSSR count). The number of halogens is 4. The minimum absolute atomic E-state index is 0.323. The van der Waals surface area contributed by atoms with Crippen LogP contribution < -0.4 is 0 Å². The van der Waals surface area contributed by atoms with Gasteiger partial charge in [0, 0.05) is 17.6 Å². The molecule has 0 saturated heterocycles. The molecule has 3 nitrogen and oxygen atoms in total. The summed E-state index contributed by atoms with van der Waals surface area (Å²) in [5, 5.41) is 4.41. The Balaban J connectivity index is 2.11. The van der Waals surface area contributed by atoms with E-state index in [0.29, 0.717) is 16.6 Å². The summed E-state index contributed by atoms with van der Waals surface area (Å²) in [6.07, 6.45) is -0.591. The van der Waals surface area contributed by atoms with Crippen LogP contribution in [0.15, 0.2) is 42.9 Å². The lowest BCUT2D eigenvalue weighted by Gasteiger charge is -2.04. The van der Waals surface area contributed by atoms with Crippen LogP contribution in [0.1, 0.15) is 5.56 Å². The summed E-state index contributed by atoms with van der Waals surface area (Å²) >= 11 is 0. The van der Waals surface area contributed by atoms with Crippen molar-refractivity contribution in [1.29, 1.82) is 0 Å². The highest BCUT2D eigenvalue weighted by molar-refractivity contribution is 5.79. The van der Waals surface area contributed by atoms with Crippen molar-refractivity contribution in [2.24, 2.45) is 0 Å². The van der Waals surface area contributed by atoms with Crippen molar-refractivity contribution < 1.29 is 17.6 Å². The molecule has 1 aromatic carbocycles. The summed E-state index contributed by atoms with van der Waals surface area (Å²) in [6.45, 7) is 0. The van der Waals surface area contributed by atoms with Gasteiger partial charge in [0.25, 0.3) is 0 Å². The second kappa shape index (κ2) is 4.29. The summed E-state index contributed by atoms with van der Waals surface area (Å²) in [5.74, 6) is -0.543. The third kappa shape index (κ3) is 2.22. The van der Waals surface area contributed by atoms with E-state index in [9.17, 15) is 17.6 Å². The van der Waals surface area contributed by atoms with Crippen molar-refractivity contribution >= 4 is 10.9 Å². The molecule has 0 aliphatic rings. The van der Waals surface area contributed by atoms with E-state index >= 15 is 0 Å². The van der Waals surface area contributed by atoms with Crippen LogP contribution in [0.25, 0.3) is 16.6 Å².